The van der Waals surface area contributed by atoms with E-state index < -0.39 is 4.33 Å². The Balaban J connectivity index is 4.40. The van der Waals surface area contributed by atoms with Gasteiger partial charge in [0.25, 0.3) is 0 Å². The molecule has 0 atom stereocenters. The van der Waals surface area contributed by atoms with Crippen molar-refractivity contribution in [1.82, 2.24) is 0 Å². The van der Waals surface area contributed by atoms with Crippen LogP contribution >= 0.6 is 58.0 Å². The first kappa shape index (κ1) is 10.2. The molecular formula is C4H3Cl5. The third-order valence-corrected chi connectivity index (χ3v) is 2.26. The predicted octanol–water partition coefficient (Wildman–Crippen LogP) is 4.07. The molecule has 0 saturated heterocycles. The number of hydrogen-bond acceptors (Lipinski definition) is 0. The number of alkyl halides is 2. The fourth-order valence-corrected chi connectivity index (χ4v) is 0.926. The molecule has 0 aromatic heterocycles. The summed E-state index contributed by atoms with van der Waals surface area (Å²) in [6, 6.07) is 0. The first-order valence-corrected chi connectivity index (χ1v) is 3.83. The van der Waals surface area contributed by atoms with Gasteiger partial charge in [0.1, 0.15) is 4.49 Å². The highest BCUT2D eigenvalue weighted by Crippen LogP contribution is 2.36. The zero-order chi connectivity index (χ0) is 7.65. The second-order valence-electron chi connectivity index (χ2n) is 1.46. The summed E-state index contributed by atoms with van der Waals surface area (Å²) in [6.45, 7) is 1.48. The highest BCUT2D eigenvalue weighted by atomic mass is 35.5. The topological polar surface area (TPSA) is 0 Å². The van der Waals surface area contributed by atoms with Gasteiger partial charge in [-0.1, -0.05) is 58.0 Å². The first-order valence-electron chi connectivity index (χ1n) is 1.94. The lowest BCUT2D eigenvalue weighted by molar-refractivity contribution is 1.09. The Morgan fingerprint density at radius 3 is 1.44 bits per heavy atom. The summed E-state index contributed by atoms with van der Waals surface area (Å²) in [7, 11) is 0. The summed E-state index contributed by atoms with van der Waals surface area (Å²) in [5.41, 5.74) is 0. The molecule has 0 heterocycles. The maximum Gasteiger partial charge on any atom is 0.153 e. The minimum Gasteiger partial charge on any atom is -0.0956 e. The van der Waals surface area contributed by atoms with Crippen LogP contribution < -0.4 is 0 Å². The summed E-state index contributed by atoms with van der Waals surface area (Å²) in [6.07, 6.45) is 0. The molecule has 0 fully saturated rings. The van der Waals surface area contributed by atoms with Crippen LogP contribution in [0.2, 0.25) is 0 Å². The van der Waals surface area contributed by atoms with Gasteiger partial charge in [0.15, 0.2) is 4.33 Å². The van der Waals surface area contributed by atoms with Crippen molar-refractivity contribution in [2.45, 2.75) is 11.3 Å². The summed E-state index contributed by atoms with van der Waals surface area (Å²) < 4.78 is -1.30. The van der Waals surface area contributed by atoms with E-state index in [4.69, 9.17) is 58.0 Å². The summed E-state index contributed by atoms with van der Waals surface area (Å²) in [4.78, 5) is 0. The molecule has 0 aromatic carbocycles. The molecule has 5 heteroatoms. The van der Waals surface area contributed by atoms with E-state index in [1.165, 1.54) is 6.92 Å². The van der Waals surface area contributed by atoms with Crippen molar-refractivity contribution >= 4 is 58.0 Å². The highest BCUT2D eigenvalue weighted by molar-refractivity contribution is 6.64. The standard InChI is InChI=1S/C4H3Cl5/c1-4(8,9)2(5)3(6)7/h1H3. The van der Waals surface area contributed by atoms with E-state index in [1.807, 2.05) is 0 Å². The zero-order valence-electron chi connectivity index (χ0n) is 4.39. The van der Waals surface area contributed by atoms with Gasteiger partial charge in [-0.05, 0) is 6.92 Å². The van der Waals surface area contributed by atoms with Crippen molar-refractivity contribution in [2.24, 2.45) is 0 Å². The van der Waals surface area contributed by atoms with Crippen LogP contribution in [-0.2, 0) is 0 Å². The van der Waals surface area contributed by atoms with Gasteiger partial charge < -0.3 is 0 Å². The molecule has 0 unspecified atom stereocenters. The monoisotopic (exact) mass is 226 g/mol. The molecule has 0 saturated carbocycles. The van der Waals surface area contributed by atoms with E-state index in [1.54, 1.807) is 0 Å². The summed E-state index contributed by atoms with van der Waals surface area (Å²) >= 11 is 26.9. The third kappa shape index (κ3) is 3.79. The van der Waals surface area contributed by atoms with Crippen molar-refractivity contribution < 1.29 is 0 Å². The van der Waals surface area contributed by atoms with Gasteiger partial charge in [-0.25, -0.2) is 0 Å². The van der Waals surface area contributed by atoms with Gasteiger partial charge in [0.2, 0.25) is 0 Å². The van der Waals surface area contributed by atoms with Crippen molar-refractivity contribution in [1.29, 1.82) is 0 Å². The molecule has 0 aliphatic rings. The Labute approximate surface area is 78.7 Å². The molecule has 0 aliphatic carbocycles. The minimum absolute atomic E-state index is 0.0363. The highest BCUT2D eigenvalue weighted by Gasteiger charge is 2.23. The summed E-state index contributed by atoms with van der Waals surface area (Å²) in [5, 5.41) is 0.0363. The van der Waals surface area contributed by atoms with E-state index in [0.29, 0.717) is 0 Å². The van der Waals surface area contributed by atoms with Crippen LogP contribution in [0.5, 0.6) is 0 Å². The maximum atomic E-state index is 5.49. The van der Waals surface area contributed by atoms with Crippen molar-refractivity contribution in [3.8, 4) is 0 Å². The normalized spacial score (nSPS) is 11.3. The first-order chi connectivity index (χ1) is 3.85. The molecule has 0 nitrogen and oxygen atoms in total. The average Bonchev–Trinajstić information content (AvgIpc) is 1.62. The Morgan fingerprint density at radius 1 is 1.11 bits per heavy atom. The molecule has 54 valence electrons. The Hall–Kier alpha value is 1.19. The SMILES string of the molecule is CC(Cl)(Cl)C(Cl)=C(Cl)Cl. The molecule has 0 aliphatic heterocycles. The van der Waals surface area contributed by atoms with Crippen LogP contribution in [0.15, 0.2) is 9.52 Å². The van der Waals surface area contributed by atoms with Crippen molar-refractivity contribution in [3.05, 3.63) is 9.52 Å². The van der Waals surface area contributed by atoms with Crippen LogP contribution in [0.4, 0.5) is 0 Å². The quantitative estimate of drug-likeness (QED) is 0.594. The van der Waals surface area contributed by atoms with Crippen LogP contribution in [0.25, 0.3) is 0 Å². The second-order valence-corrected chi connectivity index (χ2v) is 4.50. The third-order valence-electron chi connectivity index (χ3n) is 0.551. The second kappa shape index (κ2) is 3.54. The average molecular weight is 228 g/mol. The Kier molecular flexibility index (Phi) is 4.01. The lowest BCUT2D eigenvalue weighted by atomic mass is 10.4. The van der Waals surface area contributed by atoms with E-state index in [9.17, 15) is 0 Å². The molecule has 0 rings (SSSR count). The Morgan fingerprint density at radius 2 is 1.44 bits per heavy atom. The minimum atomic E-state index is -1.19. The zero-order valence-corrected chi connectivity index (χ0v) is 8.17. The van der Waals surface area contributed by atoms with Crippen LogP contribution in [0.3, 0.4) is 0 Å². The van der Waals surface area contributed by atoms with E-state index in [2.05, 4.69) is 0 Å². The lowest BCUT2D eigenvalue weighted by Gasteiger charge is -2.10. The fourth-order valence-electron chi connectivity index (χ4n) is 0.166. The molecule has 0 N–H and O–H groups in total. The van der Waals surface area contributed by atoms with Gasteiger partial charge in [0, 0.05) is 0 Å². The Bertz CT molecular complexity index is 126. The van der Waals surface area contributed by atoms with Gasteiger partial charge in [0.05, 0.1) is 5.03 Å². The molecule has 0 aromatic rings. The van der Waals surface area contributed by atoms with Crippen LogP contribution in [-0.4, -0.2) is 4.33 Å². The van der Waals surface area contributed by atoms with E-state index in [0.717, 1.165) is 0 Å². The maximum absolute atomic E-state index is 5.49. The van der Waals surface area contributed by atoms with Gasteiger partial charge in [-0.15, -0.1) is 0 Å². The number of halogens is 5. The van der Waals surface area contributed by atoms with Crippen molar-refractivity contribution in [3.63, 3.8) is 0 Å². The molecular weight excluding hydrogens is 225 g/mol. The molecule has 0 bridgehead atoms. The lowest BCUT2D eigenvalue weighted by Crippen LogP contribution is -2.05. The molecule has 9 heavy (non-hydrogen) atoms. The molecule has 0 amide bonds. The fraction of sp³-hybridized carbons (Fsp3) is 0.500. The van der Waals surface area contributed by atoms with E-state index in [-0.39, 0.29) is 9.52 Å². The summed E-state index contributed by atoms with van der Waals surface area (Å²) in [5.74, 6) is 0. The smallest absolute Gasteiger partial charge is 0.0956 e. The van der Waals surface area contributed by atoms with Gasteiger partial charge >= 0.3 is 0 Å². The largest absolute Gasteiger partial charge is 0.153 e. The predicted molar refractivity (Wildman–Crippen MR) is 44.7 cm³/mol. The number of allylic oxidation sites excluding steroid dienone is 1. The van der Waals surface area contributed by atoms with Crippen LogP contribution in [0.1, 0.15) is 6.92 Å². The van der Waals surface area contributed by atoms with E-state index >= 15 is 0 Å². The van der Waals surface area contributed by atoms with Gasteiger partial charge in [-0.2, -0.15) is 0 Å². The van der Waals surface area contributed by atoms with Crippen molar-refractivity contribution in [2.75, 3.05) is 0 Å². The van der Waals surface area contributed by atoms with Crippen LogP contribution in [0, 0.1) is 0 Å². The number of hydrogen-bond donors (Lipinski definition) is 0. The van der Waals surface area contributed by atoms with Gasteiger partial charge in [-0.3, -0.25) is 0 Å². The molecule has 0 spiro atoms. The molecule has 0 radical (unpaired) electrons. The number of rotatable bonds is 1.